The monoisotopic (exact) mass is 230 g/mol. The van der Waals surface area contributed by atoms with Crippen LogP contribution in [0.4, 0.5) is 0 Å². The number of hydrogen-bond donors (Lipinski definition) is 1. The Bertz CT molecular complexity index is 441. The molecule has 0 amide bonds. The Balaban J connectivity index is 3.35. The quantitative estimate of drug-likeness (QED) is 0.774. The molecule has 6 heteroatoms. The lowest BCUT2D eigenvalue weighted by atomic mass is 10.1. The van der Waals surface area contributed by atoms with Crippen LogP contribution in [0.5, 0.6) is 5.75 Å². The highest BCUT2D eigenvalue weighted by Crippen LogP contribution is 2.27. The Morgan fingerprint density at radius 2 is 2.13 bits per heavy atom. The van der Waals surface area contributed by atoms with Crippen molar-refractivity contribution in [3.63, 3.8) is 0 Å². The number of nitrogens with one attached hydrogen (secondary N) is 1. The summed E-state index contributed by atoms with van der Waals surface area (Å²) in [6, 6.07) is 4.44. The van der Waals surface area contributed by atoms with E-state index in [1.807, 2.05) is 0 Å². The highest BCUT2D eigenvalue weighted by molar-refractivity contribution is 7.86. The second-order valence-electron chi connectivity index (χ2n) is 2.92. The van der Waals surface area contributed by atoms with Crippen LogP contribution in [0.15, 0.2) is 23.1 Å². The molecule has 1 aromatic rings. The first-order valence-electron chi connectivity index (χ1n) is 4.28. The minimum atomic E-state index is -4.27. The molecule has 0 aromatic heterocycles. The zero-order valence-corrected chi connectivity index (χ0v) is 9.04. The summed E-state index contributed by atoms with van der Waals surface area (Å²) in [5.74, 6) is 0.118. The fourth-order valence-corrected chi connectivity index (χ4v) is 2.03. The standard InChI is InChI=1S/C9H12NO4S/c1-14-9-7(5-6-10)3-2-4-8(9)15(11,12)13/h2-4,10H,5-6H2,1H3,(H,11,12,13). The van der Waals surface area contributed by atoms with E-state index < -0.39 is 10.1 Å². The molecule has 83 valence electrons. The molecule has 0 saturated carbocycles. The Kier molecular flexibility index (Phi) is 3.67. The predicted octanol–water partition coefficient (Wildman–Crippen LogP) is 0.767. The molecule has 0 saturated heterocycles. The molecule has 15 heavy (non-hydrogen) atoms. The maximum atomic E-state index is 11.0. The van der Waals surface area contributed by atoms with Crippen molar-refractivity contribution in [3.8, 4) is 5.75 Å². The summed E-state index contributed by atoms with van der Waals surface area (Å²) in [6.45, 7) is 0.130. The van der Waals surface area contributed by atoms with E-state index in [1.165, 1.54) is 19.2 Å². The molecule has 0 aliphatic heterocycles. The zero-order chi connectivity index (χ0) is 11.5. The van der Waals surface area contributed by atoms with Crippen molar-refractivity contribution in [2.24, 2.45) is 0 Å². The molecule has 0 unspecified atom stereocenters. The van der Waals surface area contributed by atoms with Gasteiger partial charge in [-0.25, -0.2) is 0 Å². The smallest absolute Gasteiger partial charge is 0.298 e. The molecule has 1 aromatic carbocycles. The van der Waals surface area contributed by atoms with E-state index in [1.54, 1.807) is 6.07 Å². The second-order valence-corrected chi connectivity index (χ2v) is 4.31. The van der Waals surface area contributed by atoms with Crippen molar-refractivity contribution in [2.75, 3.05) is 13.7 Å². The maximum absolute atomic E-state index is 11.0. The average Bonchev–Trinajstić information content (AvgIpc) is 2.16. The summed E-state index contributed by atoms with van der Waals surface area (Å²) in [4.78, 5) is -0.254. The van der Waals surface area contributed by atoms with Gasteiger partial charge in [-0.3, -0.25) is 10.3 Å². The first-order valence-corrected chi connectivity index (χ1v) is 5.72. The van der Waals surface area contributed by atoms with Gasteiger partial charge < -0.3 is 4.74 Å². The summed E-state index contributed by atoms with van der Waals surface area (Å²) in [5, 5.41) is 0. The van der Waals surface area contributed by atoms with Crippen molar-refractivity contribution in [3.05, 3.63) is 23.8 Å². The normalized spacial score (nSPS) is 11.4. The minimum Gasteiger partial charge on any atom is -0.495 e. The van der Waals surface area contributed by atoms with Gasteiger partial charge in [0.15, 0.2) is 0 Å². The highest BCUT2D eigenvalue weighted by Gasteiger charge is 2.18. The van der Waals surface area contributed by atoms with Crippen LogP contribution < -0.4 is 10.5 Å². The molecule has 0 heterocycles. The number of methoxy groups -OCH3 is 1. The number of hydrogen-bond acceptors (Lipinski definition) is 3. The van der Waals surface area contributed by atoms with Crippen LogP contribution in [0.1, 0.15) is 5.56 Å². The van der Waals surface area contributed by atoms with Gasteiger partial charge >= 0.3 is 0 Å². The Labute approximate surface area is 88.6 Å². The van der Waals surface area contributed by atoms with E-state index in [4.69, 9.17) is 15.0 Å². The molecule has 0 spiro atoms. The van der Waals surface area contributed by atoms with E-state index >= 15 is 0 Å². The van der Waals surface area contributed by atoms with E-state index in [0.717, 1.165) is 0 Å². The molecule has 2 N–H and O–H groups in total. The third kappa shape index (κ3) is 2.68. The van der Waals surface area contributed by atoms with Crippen LogP contribution in [0, 0.1) is 0 Å². The van der Waals surface area contributed by atoms with Crippen molar-refractivity contribution >= 4 is 10.1 Å². The van der Waals surface area contributed by atoms with E-state index in [9.17, 15) is 8.42 Å². The minimum absolute atomic E-state index is 0.118. The Morgan fingerprint density at radius 1 is 1.47 bits per heavy atom. The number of rotatable bonds is 4. The van der Waals surface area contributed by atoms with Crippen LogP contribution in [-0.4, -0.2) is 26.6 Å². The van der Waals surface area contributed by atoms with E-state index in [2.05, 4.69) is 0 Å². The number of para-hydroxylation sites is 1. The Morgan fingerprint density at radius 3 is 2.60 bits per heavy atom. The lowest BCUT2D eigenvalue weighted by Crippen LogP contribution is -2.05. The van der Waals surface area contributed by atoms with E-state index in [-0.39, 0.29) is 17.2 Å². The fraction of sp³-hybridized carbons (Fsp3) is 0.333. The second kappa shape index (κ2) is 4.61. The topological polar surface area (TPSA) is 87.4 Å². The molecule has 0 fully saturated rings. The Hall–Kier alpha value is -1.11. The van der Waals surface area contributed by atoms with Gasteiger partial charge in [0.2, 0.25) is 0 Å². The van der Waals surface area contributed by atoms with Crippen LogP contribution in [0.3, 0.4) is 0 Å². The molecule has 1 rings (SSSR count). The largest absolute Gasteiger partial charge is 0.495 e. The van der Waals surface area contributed by atoms with Gasteiger partial charge in [-0.15, -0.1) is 0 Å². The first kappa shape index (κ1) is 12.0. The summed E-state index contributed by atoms with van der Waals surface area (Å²) in [7, 11) is -2.94. The van der Waals surface area contributed by atoms with Crippen LogP contribution in [0.2, 0.25) is 0 Å². The zero-order valence-electron chi connectivity index (χ0n) is 8.23. The van der Waals surface area contributed by atoms with Crippen molar-refractivity contribution in [1.29, 1.82) is 0 Å². The SMILES string of the molecule is COc1c(CC[NH])cccc1S(=O)(=O)O. The van der Waals surface area contributed by atoms with Gasteiger partial charge in [-0.1, -0.05) is 12.1 Å². The van der Waals surface area contributed by atoms with Gasteiger partial charge in [0.25, 0.3) is 10.1 Å². The summed E-state index contributed by atoms with van der Waals surface area (Å²) >= 11 is 0. The van der Waals surface area contributed by atoms with Gasteiger partial charge in [0.05, 0.1) is 7.11 Å². The summed E-state index contributed by atoms with van der Waals surface area (Å²) in [6.07, 6.45) is 0.381. The lowest BCUT2D eigenvalue weighted by molar-refractivity contribution is 0.392. The van der Waals surface area contributed by atoms with Gasteiger partial charge in [0, 0.05) is 6.54 Å². The number of ether oxygens (including phenoxy) is 1. The summed E-state index contributed by atoms with van der Waals surface area (Å²) < 4.78 is 35.9. The summed E-state index contributed by atoms with van der Waals surface area (Å²) in [5.41, 5.74) is 7.67. The fourth-order valence-electron chi connectivity index (χ4n) is 1.33. The first-order chi connectivity index (χ1) is 7.00. The van der Waals surface area contributed by atoms with Crippen LogP contribution >= 0.6 is 0 Å². The predicted molar refractivity (Wildman–Crippen MR) is 54.5 cm³/mol. The third-order valence-corrected chi connectivity index (χ3v) is 2.81. The van der Waals surface area contributed by atoms with Crippen molar-refractivity contribution < 1.29 is 17.7 Å². The highest BCUT2D eigenvalue weighted by atomic mass is 32.2. The molecule has 5 nitrogen and oxygen atoms in total. The molecule has 0 bridgehead atoms. The van der Waals surface area contributed by atoms with Crippen molar-refractivity contribution in [1.82, 2.24) is 5.73 Å². The van der Waals surface area contributed by atoms with Gasteiger partial charge in [0.1, 0.15) is 10.6 Å². The van der Waals surface area contributed by atoms with Crippen molar-refractivity contribution in [2.45, 2.75) is 11.3 Å². The molecule has 0 aliphatic rings. The van der Waals surface area contributed by atoms with Crippen LogP contribution in [0.25, 0.3) is 0 Å². The molecular formula is C9H12NO4S. The van der Waals surface area contributed by atoms with E-state index in [0.29, 0.717) is 12.0 Å². The molecule has 0 atom stereocenters. The van der Waals surface area contributed by atoms with Gasteiger partial charge in [-0.2, -0.15) is 8.42 Å². The maximum Gasteiger partial charge on any atom is 0.298 e. The average molecular weight is 230 g/mol. The molecular weight excluding hydrogens is 218 g/mol. The molecule has 0 aliphatic carbocycles. The van der Waals surface area contributed by atoms with Gasteiger partial charge in [-0.05, 0) is 18.1 Å². The number of benzene rings is 1. The van der Waals surface area contributed by atoms with Crippen LogP contribution in [-0.2, 0) is 16.5 Å². The molecule has 1 radical (unpaired) electrons. The third-order valence-electron chi connectivity index (χ3n) is 1.94. The lowest BCUT2D eigenvalue weighted by Gasteiger charge is -2.10.